The predicted molar refractivity (Wildman–Crippen MR) is 124 cm³/mol. The summed E-state index contributed by atoms with van der Waals surface area (Å²) < 4.78 is 0. The minimum absolute atomic E-state index is 0.0270. The SMILES string of the molecule is CN1CCN(c2ccc(Cl)cc2NC(=O)CSc2ccc3ccccc3c2)CC1. The second kappa shape index (κ2) is 9.08. The number of carbonyl (C=O) groups excluding carboxylic acids is 1. The molecule has 0 atom stereocenters. The number of carbonyl (C=O) groups is 1. The molecule has 150 valence electrons. The fourth-order valence-electron chi connectivity index (χ4n) is 3.52. The van der Waals surface area contributed by atoms with Gasteiger partial charge in [-0.15, -0.1) is 11.8 Å². The molecule has 1 heterocycles. The Morgan fingerprint density at radius 1 is 1.00 bits per heavy atom. The zero-order chi connectivity index (χ0) is 20.2. The summed E-state index contributed by atoms with van der Waals surface area (Å²) in [6.45, 7) is 3.89. The van der Waals surface area contributed by atoms with Gasteiger partial charge in [-0.3, -0.25) is 4.79 Å². The van der Waals surface area contributed by atoms with Gasteiger partial charge in [0.05, 0.1) is 17.1 Å². The average molecular weight is 426 g/mol. The molecule has 0 radical (unpaired) electrons. The fourth-order valence-corrected chi connectivity index (χ4v) is 4.44. The number of likely N-dealkylation sites (N-methyl/N-ethyl adjacent to an activating group) is 1. The highest BCUT2D eigenvalue weighted by atomic mass is 35.5. The minimum Gasteiger partial charge on any atom is -0.367 e. The van der Waals surface area contributed by atoms with Crippen LogP contribution in [0.15, 0.2) is 65.6 Å². The molecule has 1 aliphatic heterocycles. The maximum atomic E-state index is 12.6. The lowest BCUT2D eigenvalue weighted by Gasteiger charge is -2.35. The lowest BCUT2D eigenvalue weighted by Crippen LogP contribution is -2.44. The summed E-state index contributed by atoms with van der Waals surface area (Å²) in [5.41, 5.74) is 1.82. The largest absolute Gasteiger partial charge is 0.367 e. The molecule has 3 aromatic carbocycles. The molecule has 0 unspecified atom stereocenters. The molecule has 29 heavy (non-hydrogen) atoms. The second-order valence-corrected chi connectivity index (χ2v) is 8.78. The van der Waals surface area contributed by atoms with E-state index in [0.29, 0.717) is 10.8 Å². The van der Waals surface area contributed by atoms with Crippen molar-refractivity contribution in [3.8, 4) is 0 Å². The van der Waals surface area contributed by atoms with Crippen molar-refractivity contribution >= 4 is 51.4 Å². The molecule has 1 aliphatic rings. The van der Waals surface area contributed by atoms with Gasteiger partial charge in [0.25, 0.3) is 0 Å². The maximum Gasteiger partial charge on any atom is 0.234 e. The molecular formula is C23H24ClN3OS. The number of amides is 1. The Hall–Kier alpha value is -2.21. The first-order chi connectivity index (χ1) is 14.1. The zero-order valence-electron chi connectivity index (χ0n) is 16.4. The van der Waals surface area contributed by atoms with Crippen LogP contribution in [-0.2, 0) is 4.79 Å². The Morgan fingerprint density at radius 3 is 2.55 bits per heavy atom. The van der Waals surface area contributed by atoms with Crippen LogP contribution in [0.25, 0.3) is 10.8 Å². The third-order valence-corrected chi connectivity index (χ3v) is 6.40. The number of hydrogen-bond donors (Lipinski definition) is 1. The monoisotopic (exact) mass is 425 g/mol. The normalized spacial score (nSPS) is 14.9. The van der Waals surface area contributed by atoms with E-state index >= 15 is 0 Å². The molecule has 3 aromatic rings. The molecule has 1 N–H and O–H groups in total. The Bertz CT molecular complexity index is 1020. The molecule has 4 nitrogen and oxygen atoms in total. The summed E-state index contributed by atoms with van der Waals surface area (Å²) in [5, 5.41) is 6.08. The number of piperazine rings is 1. The number of halogens is 1. The number of hydrogen-bond acceptors (Lipinski definition) is 4. The number of anilines is 2. The van der Waals surface area contributed by atoms with E-state index in [0.717, 1.165) is 42.4 Å². The van der Waals surface area contributed by atoms with Crippen LogP contribution in [0, 0.1) is 0 Å². The summed E-state index contributed by atoms with van der Waals surface area (Å²) in [6, 6.07) is 20.3. The van der Waals surface area contributed by atoms with Crippen molar-refractivity contribution in [1.29, 1.82) is 0 Å². The van der Waals surface area contributed by atoms with Crippen molar-refractivity contribution in [2.75, 3.05) is 49.2 Å². The van der Waals surface area contributed by atoms with Crippen LogP contribution in [-0.4, -0.2) is 49.8 Å². The van der Waals surface area contributed by atoms with Crippen LogP contribution in [0.4, 0.5) is 11.4 Å². The van der Waals surface area contributed by atoms with Gasteiger partial charge in [0.1, 0.15) is 0 Å². The van der Waals surface area contributed by atoms with Crippen molar-refractivity contribution in [3.63, 3.8) is 0 Å². The predicted octanol–water partition coefficient (Wildman–Crippen LogP) is 4.98. The maximum absolute atomic E-state index is 12.6. The molecule has 4 rings (SSSR count). The molecule has 0 aliphatic carbocycles. The topological polar surface area (TPSA) is 35.6 Å². The van der Waals surface area contributed by atoms with Crippen LogP contribution < -0.4 is 10.2 Å². The highest BCUT2D eigenvalue weighted by molar-refractivity contribution is 8.00. The van der Waals surface area contributed by atoms with Gasteiger partial charge in [-0.05, 0) is 48.2 Å². The Labute approximate surface area is 180 Å². The number of nitrogens with zero attached hydrogens (tertiary/aromatic N) is 2. The third-order valence-electron chi connectivity index (χ3n) is 5.17. The van der Waals surface area contributed by atoms with Crippen LogP contribution in [0.1, 0.15) is 0 Å². The van der Waals surface area contributed by atoms with E-state index in [-0.39, 0.29) is 5.91 Å². The van der Waals surface area contributed by atoms with E-state index in [1.165, 1.54) is 10.8 Å². The fraction of sp³-hybridized carbons (Fsp3) is 0.261. The van der Waals surface area contributed by atoms with E-state index in [2.05, 4.69) is 52.5 Å². The molecule has 0 saturated carbocycles. The van der Waals surface area contributed by atoms with Crippen molar-refractivity contribution in [1.82, 2.24) is 4.90 Å². The zero-order valence-corrected chi connectivity index (χ0v) is 18.0. The first-order valence-electron chi connectivity index (χ1n) is 9.73. The minimum atomic E-state index is -0.0270. The standard InChI is InChI=1S/C23H24ClN3OS/c1-26-10-12-27(13-11-26)22-9-7-19(24)15-21(22)25-23(28)16-29-20-8-6-17-4-2-3-5-18(17)14-20/h2-9,14-15H,10-13,16H2,1H3,(H,25,28). The van der Waals surface area contributed by atoms with E-state index in [9.17, 15) is 4.79 Å². The number of thioether (sulfide) groups is 1. The van der Waals surface area contributed by atoms with Gasteiger partial charge < -0.3 is 15.1 Å². The average Bonchev–Trinajstić information content (AvgIpc) is 2.73. The van der Waals surface area contributed by atoms with Gasteiger partial charge in [-0.25, -0.2) is 0 Å². The first kappa shape index (κ1) is 20.1. The molecule has 0 spiro atoms. The Kier molecular flexibility index (Phi) is 6.28. The number of fused-ring (bicyclic) bond motifs is 1. The van der Waals surface area contributed by atoms with E-state index in [4.69, 9.17) is 11.6 Å². The highest BCUT2D eigenvalue weighted by Gasteiger charge is 2.18. The van der Waals surface area contributed by atoms with Crippen molar-refractivity contribution in [2.24, 2.45) is 0 Å². The summed E-state index contributed by atoms with van der Waals surface area (Å²) in [6.07, 6.45) is 0. The van der Waals surface area contributed by atoms with Gasteiger partial charge in [0, 0.05) is 36.1 Å². The summed E-state index contributed by atoms with van der Waals surface area (Å²) in [7, 11) is 2.13. The van der Waals surface area contributed by atoms with Crippen LogP contribution >= 0.6 is 23.4 Å². The Morgan fingerprint density at radius 2 is 1.76 bits per heavy atom. The molecule has 1 amide bonds. The molecule has 0 aromatic heterocycles. The van der Waals surface area contributed by atoms with Gasteiger partial charge in [-0.2, -0.15) is 0 Å². The second-order valence-electron chi connectivity index (χ2n) is 7.30. The summed E-state index contributed by atoms with van der Waals surface area (Å²) in [5.74, 6) is 0.327. The lowest BCUT2D eigenvalue weighted by molar-refractivity contribution is -0.113. The van der Waals surface area contributed by atoms with Crippen LogP contribution in [0.5, 0.6) is 0 Å². The smallest absolute Gasteiger partial charge is 0.234 e. The van der Waals surface area contributed by atoms with Gasteiger partial charge in [0.15, 0.2) is 0 Å². The number of benzene rings is 3. The first-order valence-corrected chi connectivity index (χ1v) is 11.1. The molecule has 6 heteroatoms. The molecule has 0 bridgehead atoms. The quantitative estimate of drug-likeness (QED) is 0.585. The van der Waals surface area contributed by atoms with Gasteiger partial charge in [0.2, 0.25) is 5.91 Å². The number of nitrogens with one attached hydrogen (secondary N) is 1. The van der Waals surface area contributed by atoms with E-state index in [1.54, 1.807) is 11.8 Å². The van der Waals surface area contributed by atoms with E-state index < -0.39 is 0 Å². The van der Waals surface area contributed by atoms with E-state index in [1.807, 2.05) is 30.3 Å². The third kappa shape index (κ3) is 5.04. The number of rotatable bonds is 5. The van der Waals surface area contributed by atoms with Crippen molar-refractivity contribution in [2.45, 2.75) is 4.90 Å². The summed E-state index contributed by atoms with van der Waals surface area (Å²) >= 11 is 7.75. The van der Waals surface area contributed by atoms with Crippen molar-refractivity contribution in [3.05, 3.63) is 65.7 Å². The van der Waals surface area contributed by atoms with Crippen LogP contribution in [0.3, 0.4) is 0 Å². The highest BCUT2D eigenvalue weighted by Crippen LogP contribution is 2.30. The molecule has 1 fully saturated rings. The van der Waals surface area contributed by atoms with Crippen molar-refractivity contribution < 1.29 is 4.79 Å². The van der Waals surface area contributed by atoms with Crippen LogP contribution in [0.2, 0.25) is 5.02 Å². The summed E-state index contributed by atoms with van der Waals surface area (Å²) in [4.78, 5) is 18.4. The molecule has 1 saturated heterocycles. The molecular weight excluding hydrogens is 402 g/mol. The lowest BCUT2D eigenvalue weighted by atomic mass is 10.1. The Balaban J connectivity index is 1.43. The van der Waals surface area contributed by atoms with Gasteiger partial charge >= 0.3 is 0 Å². The van der Waals surface area contributed by atoms with Gasteiger partial charge in [-0.1, -0.05) is 41.9 Å².